The number of hydrogen-bond donors (Lipinski definition) is 1. The van der Waals surface area contributed by atoms with E-state index in [1.54, 1.807) is 0 Å². The largest absolute Gasteiger partial charge is 1.00 e. The summed E-state index contributed by atoms with van der Waals surface area (Å²) < 4.78 is 11.9. The standard InChI is InChI=1S/C19H32N2O3.ClH/c1-5-9-15-23-18-12-10-17(11-13-18)20-19(22)24-16-14-21(6-2,7-3)8-4;/h10-13H,5-9,14-16H2,1-4H3;1H. The van der Waals surface area contributed by atoms with Crippen molar-refractivity contribution in [3.8, 4) is 5.75 Å². The van der Waals surface area contributed by atoms with Crippen molar-refractivity contribution in [2.45, 2.75) is 40.5 Å². The highest BCUT2D eigenvalue weighted by Gasteiger charge is 2.20. The number of ether oxygens (including phenoxy) is 2. The molecule has 0 aliphatic rings. The number of amides is 1. The number of unbranched alkanes of at least 4 members (excludes halogenated alkanes) is 1. The molecule has 0 heterocycles. The molecule has 25 heavy (non-hydrogen) atoms. The molecular formula is C19H33ClN2O3. The van der Waals surface area contributed by atoms with E-state index in [9.17, 15) is 4.79 Å². The maximum absolute atomic E-state index is 11.9. The fraction of sp³-hybridized carbons (Fsp3) is 0.632. The first-order valence-electron chi connectivity index (χ1n) is 9.10. The Morgan fingerprint density at radius 3 is 2.12 bits per heavy atom. The predicted octanol–water partition coefficient (Wildman–Crippen LogP) is 1.29. The molecule has 0 saturated carbocycles. The Morgan fingerprint density at radius 2 is 1.60 bits per heavy atom. The van der Waals surface area contributed by atoms with Crippen molar-refractivity contribution in [2.24, 2.45) is 0 Å². The van der Waals surface area contributed by atoms with Gasteiger partial charge >= 0.3 is 6.09 Å². The molecule has 0 aromatic heterocycles. The summed E-state index contributed by atoms with van der Waals surface area (Å²) in [6.07, 6.45) is 1.75. The quantitative estimate of drug-likeness (QED) is 0.470. The molecule has 0 aliphatic carbocycles. The highest BCUT2D eigenvalue weighted by molar-refractivity contribution is 5.84. The SMILES string of the molecule is CCCCOc1ccc(NC(=O)OCC[N+](CC)(CC)CC)cc1.[Cl-]. The van der Waals surface area contributed by atoms with Crippen LogP contribution in [0.4, 0.5) is 10.5 Å². The molecule has 0 fully saturated rings. The molecule has 0 bridgehead atoms. The van der Waals surface area contributed by atoms with Gasteiger partial charge < -0.3 is 26.4 Å². The number of anilines is 1. The zero-order valence-corrected chi connectivity index (χ0v) is 16.8. The van der Waals surface area contributed by atoms with E-state index in [4.69, 9.17) is 9.47 Å². The van der Waals surface area contributed by atoms with Gasteiger partial charge in [0.2, 0.25) is 0 Å². The van der Waals surface area contributed by atoms with Crippen molar-refractivity contribution in [3.63, 3.8) is 0 Å². The number of carbonyl (C=O) groups excluding carboxylic acids is 1. The van der Waals surface area contributed by atoms with Gasteiger partial charge in [-0.05, 0) is 51.5 Å². The van der Waals surface area contributed by atoms with Crippen LogP contribution in [-0.4, -0.2) is 50.0 Å². The molecule has 1 aromatic rings. The van der Waals surface area contributed by atoms with Crippen molar-refractivity contribution in [1.29, 1.82) is 0 Å². The van der Waals surface area contributed by atoms with Crippen LogP contribution in [0, 0.1) is 0 Å². The molecular weight excluding hydrogens is 340 g/mol. The van der Waals surface area contributed by atoms with Crippen LogP contribution in [0.3, 0.4) is 0 Å². The van der Waals surface area contributed by atoms with Crippen molar-refractivity contribution in [3.05, 3.63) is 24.3 Å². The Hall–Kier alpha value is -1.46. The van der Waals surface area contributed by atoms with E-state index in [1.807, 2.05) is 24.3 Å². The lowest BCUT2D eigenvalue weighted by atomic mass is 10.3. The highest BCUT2D eigenvalue weighted by atomic mass is 35.5. The summed E-state index contributed by atoms with van der Waals surface area (Å²) in [6.45, 7) is 13.8. The number of hydrogen-bond acceptors (Lipinski definition) is 3. The third-order valence-electron chi connectivity index (χ3n) is 4.68. The van der Waals surface area contributed by atoms with Gasteiger partial charge in [-0.1, -0.05) is 13.3 Å². The van der Waals surface area contributed by atoms with Gasteiger partial charge in [-0.2, -0.15) is 0 Å². The summed E-state index contributed by atoms with van der Waals surface area (Å²) >= 11 is 0. The molecule has 0 radical (unpaired) electrons. The van der Waals surface area contributed by atoms with E-state index in [2.05, 4.69) is 33.0 Å². The maximum atomic E-state index is 11.9. The van der Waals surface area contributed by atoms with Crippen molar-refractivity contribution in [1.82, 2.24) is 0 Å². The molecule has 144 valence electrons. The Balaban J connectivity index is 0.00000576. The first-order valence-corrected chi connectivity index (χ1v) is 9.10. The second-order valence-electron chi connectivity index (χ2n) is 6.00. The Labute approximate surface area is 158 Å². The monoisotopic (exact) mass is 372 g/mol. The van der Waals surface area contributed by atoms with Gasteiger partial charge in [0.05, 0.1) is 26.2 Å². The molecule has 1 rings (SSSR count). The zero-order chi connectivity index (χ0) is 17.8. The second kappa shape index (κ2) is 12.8. The molecule has 1 amide bonds. The molecule has 1 N–H and O–H groups in total. The molecule has 0 atom stereocenters. The van der Waals surface area contributed by atoms with Gasteiger partial charge in [0.15, 0.2) is 0 Å². The molecule has 1 aromatic carbocycles. The summed E-state index contributed by atoms with van der Waals surface area (Å²) in [5, 5.41) is 2.75. The fourth-order valence-electron chi connectivity index (χ4n) is 2.60. The predicted molar refractivity (Wildman–Crippen MR) is 98.6 cm³/mol. The van der Waals surface area contributed by atoms with E-state index in [0.29, 0.717) is 12.3 Å². The number of carbonyl (C=O) groups is 1. The number of benzene rings is 1. The number of likely N-dealkylation sites (N-methyl/N-ethyl adjacent to an activating group) is 1. The molecule has 0 saturated heterocycles. The maximum Gasteiger partial charge on any atom is 0.411 e. The van der Waals surface area contributed by atoms with Crippen LogP contribution < -0.4 is 22.5 Å². The number of halogens is 1. The third-order valence-corrected chi connectivity index (χ3v) is 4.68. The van der Waals surface area contributed by atoms with E-state index < -0.39 is 6.09 Å². The lowest BCUT2D eigenvalue weighted by molar-refractivity contribution is -0.923. The third kappa shape index (κ3) is 8.45. The number of rotatable bonds is 11. The summed E-state index contributed by atoms with van der Waals surface area (Å²) in [4.78, 5) is 11.9. The second-order valence-corrected chi connectivity index (χ2v) is 6.00. The molecule has 0 unspecified atom stereocenters. The van der Waals surface area contributed by atoms with Crippen LogP contribution in [0.5, 0.6) is 5.75 Å². The van der Waals surface area contributed by atoms with E-state index in [0.717, 1.165) is 55.9 Å². The highest BCUT2D eigenvalue weighted by Crippen LogP contribution is 2.16. The van der Waals surface area contributed by atoms with Crippen LogP contribution in [0.2, 0.25) is 0 Å². The van der Waals surface area contributed by atoms with Crippen LogP contribution in [0.25, 0.3) is 0 Å². The minimum absolute atomic E-state index is 0. The minimum Gasteiger partial charge on any atom is -1.00 e. The zero-order valence-electron chi connectivity index (χ0n) is 16.0. The summed E-state index contributed by atoms with van der Waals surface area (Å²) in [6, 6.07) is 7.37. The van der Waals surface area contributed by atoms with Crippen LogP contribution in [-0.2, 0) is 4.74 Å². The van der Waals surface area contributed by atoms with E-state index in [1.165, 1.54) is 0 Å². The smallest absolute Gasteiger partial charge is 0.411 e. The van der Waals surface area contributed by atoms with Gasteiger partial charge in [-0.15, -0.1) is 0 Å². The Kier molecular flexibility index (Phi) is 12.1. The van der Waals surface area contributed by atoms with Gasteiger partial charge in [0, 0.05) is 5.69 Å². The Bertz CT molecular complexity index is 468. The summed E-state index contributed by atoms with van der Waals surface area (Å²) in [5.74, 6) is 0.818. The number of nitrogens with one attached hydrogen (secondary N) is 1. The van der Waals surface area contributed by atoms with Crippen molar-refractivity contribution < 1.29 is 31.2 Å². The van der Waals surface area contributed by atoms with Crippen LogP contribution >= 0.6 is 0 Å². The normalized spacial score (nSPS) is 10.7. The number of quaternary nitrogens is 1. The average Bonchev–Trinajstić information content (AvgIpc) is 2.61. The fourth-order valence-corrected chi connectivity index (χ4v) is 2.60. The first kappa shape index (κ1) is 23.5. The molecule has 0 spiro atoms. The van der Waals surface area contributed by atoms with Crippen LogP contribution in [0.1, 0.15) is 40.5 Å². The lowest BCUT2D eigenvalue weighted by Crippen LogP contribution is -3.00. The summed E-state index contributed by atoms with van der Waals surface area (Å²) in [5.41, 5.74) is 0.713. The van der Waals surface area contributed by atoms with E-state index in [-0.39, 0.29) is 12.4 Å². The van der Waals surface area contributed by atoms with Gasteiger partial charge in [-0.3, -0.25) is 5.32 Å². The van der Waals surface area contributed by atoms with Gasteiger partial charge in [-0.25, -0.2) is 4.79 Å². The minimum atomic E-state index is -0.406. The Morgan fingerprint density at radius 1 is 1.00 bits per heavy atom. The molecule has 6 heteroatoms. The molecule has 5 nitrogen and oxygen atoms in total. The number of nitrogens with zero attached hydrogens (tertiary/aromatic N) is 1. The molecule has 0 aliphatic heterocycles. The van der Waals surface area contributed by atoms with Gasteiger partial charge in [0.25, 0.3) is 0 Å². The van der Waals surface area contributed by atoms with Crippen LogP contribution in [0.15, 0.2) is 24.3 Å². The average molecular weight is 373 g/mol. The summed E-state index contributed by atoms with van der Waals surface area (Å²) in [7, 11) is 0. The first-order chi connectivity index (χ1) is 11.6. The lowest BCUT2D eigenvalue weighted by Gasteiger charge is -2.35. The van der Waals surface area contributed by atoms with Gasteiger partial charge in [0.1, 0.15) is 18.9 Å². The topological polar surface area (TPSA) is 47.6 Å². The van der Waals surface area contributed by atoms with Crippen molar-refractivity contribution in [2.75, 3.05) is 44.7 Å². The van der Waals surface area contributed by atoms with Crippen molar-refractivity contribution >= 4 is 11.8 Å². The van der Waals surface area contributed by atoms with E-state index >= 15 is 0 Å².